The SMILES string of the molecule is CC/C=C/C/C=C/C/C=C/C/C=C/CCCCC(=O)O[C@H](COC(=O)CCCCCCCCCCCCCCCCCCCCC)COP(=O)(O)OC[C@@H](O)CO. The number of hydrogen-bond donors (Lipinski definition) is 3. The summed E-state index contributed by atoms with van der Waals surface area (Å²) in [6.45, 7) is 2.23. The Morgan fingerprint density at radius 3 is 1.46 bits per heavy atom. The molecule has 0 aromatic carbocycles. The predicted molar refractivity (Wildman–Crippen MR) is 233 cm³/mol. The molecule has 0 rings (SSSR count). The molecule has 0 aliphatic rings. The topological polar surface area (TPSA) is 149 Å². The number of rotatable bonds is 42. The Morgan fingerprint density at radius 2 is 0.965 bits per heavy atom. The van der Waals surface area contributed by atoms with Crippen LogP contribution in [0.1, 0.15) is 194 Å². The summed E-state index contributed by atoms with van der Waals surface area (Å²) in [7, 11) is -4.63. The molecule has 57 heavy (non-hydrogen) atoms. The maximum Gasteiger partial charge on any atom is 0.472 e. The van der Waals surface area contributed by atoms with Gasteiger partial charge in [0.05, 0.1) is 19.8 Å². The summed E-state index contributed by atoms with van der Waals surface area (Å²) < 4.78 is 32.7. The normalized spacial score (nSPS) is 14.3. The van der Waals surface area contributed by atoms with Gasteiger partial charge in [0.2, 0.25) is 0 Å². The fourth-order valence-corrected chi connectivity index (χ4v) is 6.83. The van der Waals surface area contributed by atoms with E-state index < -0.39 is 51.8 Å². The van der Waals surface area contributed by atoms with Crippen LogP contribution >= 0.6 is 7.82 Å². The molecule has 3 atom stereocenters. The quantitative estimate of drug-likeness (QED) is 0.0235. The number of phosphoric acid groups is 1. The average Bonchev–Trinajstić information content (AvgIpc) is 3.20. The van der Waals surface area contributed by atoms with Crippen molar-refractivity contribution >= 4 is 19.8 Å². The minimum absolute atomic E-state index is 0.132. The Kier molecular flexibility index (Phi) is 40.5. The first-order chi connectivity index (χ1) is 27.7. The highest BCUT2D eigenvalue weighted by molar-refractivity contribution is 7.47. The van der Waals surface area contributed by atoms with E-state index in [1.54, 1.807) is 0 Å². The van der Waals surface area contributed by atoms with E-state index in [2.05, 4.69) is 67.0 Å². The molecule has 0 bridgehead atoms. The van der Waals surface area contributed by atoms with Crippen LogP contribution < -0.4 is 0 Å². The summed E-state index contributed by atoms with van der Waals surface area (Å²) in [6, 6.07) is 0. The Hall–Kier alpha value is -2.07. The van der Waals surface area contributed by atoms with E-state index in [0.717, 1.165) is 57.8 Å². The van der Waals surface area contributed by atoms with Crippen LogP contribution in [0.4, 0.5) is 0 Å². The van der Waals surface area contributed by atoms with Gasteiger partial charge in [-0.15, -0.1) is 0 Å². The monoisotopic (exact) mass is 827 g/mol. The van der Waals surface area contributed by atoms with Gasteiger partial charge in [-0.2, -0.15) is 0 Å². The Morgan fingerprint density at radius 1 is 0.544 bits per heavy atom. The number of unbranched alkanes of at least 4 members (excludes halogenated alkanes) is 20. The maximum atomic E-state index is 12.6. The molecule has 0 saturated carbocycles. The predicted octanol–water partition coefficient (Wildman–Crippen LogP) is 12.1. The van der Waals surface area contributed by atoms with Gasteiger partial charge < -0.3 is 24.6 Å². The van der Waals surface area contributed by atoms with Crippen LogP contribution in [0, 0.1) is 0 Å². The lowest BCUT2D eigenvalue weighted by atomic mass is 10.0. The molecule has 1 unspecified atom stereocenters. The lowest BCUT2D eigenvalue weighted by Gasteiger charge is -2.20. The zero-order chi connectivity index (χ0) is 41.9. The number of hydrogen-bond acceptors (Lipinski definition) is 9. The van der Waals surface area contributed by atoms with Gasteiger partial charge in [-0.3, -0.25) is 18.6 Å². The highest BCUT2D eigenvalue weighted by atomic mass is 31.2. The van der Waals surface area contributed by atoms with Crippen molar-refractivity contribution in [2.75, 3.05) is 26.4 Å². The van der Waals surface area contributed by atoms with Gasteiger partial charge in [-0.05, 0) is 51.4 Å². The number of aliphatic hydroxyl groups is 2. The molecule has 0 heterocycles. The minimum Gasteiger partial charge on any atom is -0.462 e. The van der Waals surface area contributed by atoms with Gasteiger partial charge in [0.25, 0.3) is 0 Å². The molecule has 10 nitrogen and oxygen atoms in total. The van der Waals surface area contributed by atoms with Crippen molar-refractivity contribution in [1.29, 1.82) is 0 Å². The molecule has 11 heteroatoms. The second-order valence-corrected chi connectivity index (χ2v) is 16.5. The van der Waals surface area contributed by atoms with Crippen molar-refractivity contribution in [3.63, 3.8) is 0 Å². The molecule has 0 aromatic rings. The highest BCUT2D eigenvalue weighted by Crippen LogP contribution is 2.43. The summed E-state index contributed by atoms with van der Waals surface area (Å²) in [6.07, 6.45) is 45.1. The van der Waals surface area contributed by atoms with Gasteiger partial charge in [-0.1, -0.05) is 178 Å². The van der Waals surface area contributed by atoms with E-state index in [0.29, 0.717) is 12.8 Å². The van der Waals surface area contributed by atoms with Crippen molar-refractivity contribution in [1.82, 2.24) is 0 Å². The fraction of sp³-hybridized carbons (Fsp3) is 0.783. The third-order valence-electron chi connectivity index (χ3n) is 9.50. The van der Waals surface area contributed by atoms with Crippen LogP contribution in [0.25, 0.3) is 0 Å². The van der Waals surface area contributed by atoms with Crippen molar-refractivity contribution in [3.8, 4) is 0 Å². The Labute approximate surface area is 347 Å². The number of aliphatic hydroxyl groups excluding tert-OH is 2. The molecule has 3 N–H and O–H groups in total. The van der Waals surface area contributed by atoms with Gasteiger partial charge in [-0.25, -0.2) is 4.57 Å². The minimum atomic E-state index is -4.63. The average molecular weight is 827 g/mol. The molecule has 332 valence electrons. The van der Waals surface area contributed by atoms with Crippen LogP contribution in [0.5, 0.6) is 0 Å². The zero-order valence-corrected chi connectivity index (χ0v) is 36.9. The first-order valence-electron chi connectivity index (χ1n) is 22.6. The van der Waals surface area contributed by atoms with Crippen molar-refractivity contribution in [2.24, 2.45) is 0 Å². The van der Waals surface area contributed by atoms with Crippen molar-refractivity contribution < 1.29 is 47.8 Å². The summed E-state index contributed by atoms with van der Waals surface area (Å²) >= 11 is 0. The number of ether oxygens (including phenoxy) is 2. The summed E-state index contributed by atoms with van der Waals surface area (Å²) in [5, 5.41) is 18.3. The number of allylic oxidation sites excluding steroid dienone is 8. The Bertz CT molecular complexity index is 1090. The summed E-state index contributed by atoms with van der Waals surface area (Å²) in [5.41, 5.74) is 0. The second-order valence-electron chi connectivity index (χ2n) is 15.1. The molecule has 0 aromatic heterocycles. The van der Waals surface area contributed by atoms with Crippen LogP contribution in [0.15, 0.2) is 48.6 Å². The number of esters is 2. The van der Waals surface area contributed by atoms with E-state index >= 15 is 0 Å². The lowest BCUT2D eigenvalue weighted by molar-refractivity contribution is -0.161. The number of carbonyl (C=O) groups excluding carboxylic acids is 2. The van der Waals surface area contributed by atoms with E-state index in [-0.39, 0.29) is 19.4 Å². The number of phosphoric ester groups is 1. The van der Waals surface area contributed by atoms with Crippen LogP contribution in [0.3, 0.4) is 0 Å². The molecule has 0 fully saturated rings. The third kappa shape index (κ3) is 41.9. The molecular formula is C46H83O10P. The third-order valence-corrected chi connectivity index (χ3v) is 10.4. The molecule has 0 spiro atoms. The van der Waals surface area contributed by atoms with E-state index in [1.807, 2.05) is 0 Å². The lowest BCUT2D eigenvalue weighted by Crippen LogP contribution is -2.29. The van der Waals surface area contributed by atoms with Crippen molar-refractivity contribution in [2.45, 2.75) is 206 Å². The molecule has 0 amide bonds. The standard InChI is InChI=1S/C46H83O10P/c1-3-5-7-9-11-13-15-17-19-20-21-22-24-25-27-29-31-33-35-37-45(49)53-41-44(42-55-57(51,52)54-40-43(48)39-47)56-46(50)38-36-34-32-30-28-26-23-18-16-14-12-10-8-6-4-2/h6,8,12,14,18,23,28,30,43-44,47-48H,3-5,7,9-11,13,15-17,19-22,24-27,29,31-42H2,1-2H3,(H,51,52)/b8-6+,14-12+,23-18+,30-28+/t43-,44+/m0/s1. The van der Waals surface area contributed by atoms with Gasteiger partial charge in [0.1, 0.15) is 12.7 Å². The van der Waals surface area contributed by atoms with E-state index in [9.17, 15) is 24.2 Å². The zero-order valence-electron chi connectivity index (χ0n) is 36.0. The smallest absolute Gasteiger partial charge is 0.462 e. The van der Waals surface area contributed by atoms with Crippen LogP contribution in [-0.2, 0) is 32.7 Å². The largest absolute Gasteiger partial charge is 0.472 e. The first-order valence-corrected chi connectivity index (χ1v) is 24.1. The van der Waals surface area contributed by atoms with Crippen molar-refractivity contribution in [3.05, 3.63) is 48.6 Å². The molecule has 0 aliphatic heterocycles. The molecule has 0 saturated heterocycles. The molecular weight excluding hydrogens is 743 g/mol. The summed E-state index contributed by atoms with van der Waals surface area (Å²) in [5.74, 6) is -0.969. The van der Waals surface area contributed by atoms with E-state index in [1.165, 1.54) is 96.3 Å². The molecule has 0 aliphatic carbocycles. The van der Waals surface area contributed by atoms with Gasteiger partial charge in [0, 0.05) is 12.8 Å². The second kappa shape index (κ2) is 42.1. The van der Waals surface area contributed by atoms with E-state index in [4.69, 9.17) is 19.1 Å². The molecule has 0 radical (unpaired) electrons. The van der Waals surface area contributed by atoms with Crippen LogP contribution in [0.2, 0.25) is 0 Å². The fourth-order valence-electron chi connectivity index (χ4n) is 6.04. The summed E-state index contributed by atoms with van der Waals surface area (Å²) in [4.78, 5) is 35.0. The van der Waals surface area contributed by atoms with Gasteiger partial charge in [0.15, 0.2) is 6.10 Å². The number of carbonyl (C=O) groups is 2. The first kappa shape index (κ1) is 54.9. The van der Waals surface area contributed by atoms with Gasteiger partial charge >= 0.3 is 19.8 Å². The Balaban J connectivity index is 4.28. The highest BCUT2D eigenvalue weighted by Gasteiger charge is 2.27. The van der Waals surface area contributed by atoms with Crippen LogP contribution in [-0.4, -0.2) is 65.7 Å². The maximum absolute atomic E-state index is 12.6.